The molecule has 1 aliphatic rings. The minimum Gasteiger partial charge on any atom is -0.496 e. The van der Waals surface area contributed by atoms with Gasteiger partial charge < -0.3 is 10.1 Å². The summed E-state index contributed by atoms with van der Waals surface area (Å²) in [7, 11) is 1.62. The van der Waals surface area contributed by atoms with Gasteiger partial charge in [0.05, 0.1) is 18.9 Å². The Morgan fingerprint density at radius 1 is 1.04 bits per heavy atom. The number of allylic oxidation sites excluding steroid dienone is 4. The van der Waals surface area contributed by atoms with Crippen LogP contribution in [0.5, 0.6) is 5.75 Å². The number of benzene rings is 3. The molecule has 0 aromatic heterocycles. The Balaban J connectivity index is 1.66. The van der Waals surface area contributed by atoms with Gasteiger partial charge in [0.25, 0.3) is 11.8 Å². The molecule has 8 heteroatoms. The van der Waals surface area contributed by atoms with Gasteiger partial charge >= 0.3 is 0 Å². The largest absolute Gasteiger partial charge is 0.496 e. The molecular formula is C38H39N3O4S. The van der Waals surface area contributed by atoms with Crippen LogP contribution in [0, 0.1) is 6.92 Å². The van der Waals surface area contributed by atoms with Crippen molar-refractivity contribution in [2.24, 2.45) is 4.99 Å². The van der Waals surface area contributed by atoms with Gasteiger partial charge in [-0.15, -0.1) is 0 Å². The highest BCUT2D eigenvalue weighted by Crippen LogP contribution is 2.32. The lowest BCUT2D eigenvalue weighted by molar-refractivity contribution is -0.126. The number of methoxy groups -OCH3 is 1. The zero-order valence-electron chi connectivity index (χ0n) is 26.8. The Hall–Kier alpha value is -4.95. The van der Waals surface area contributed by atoms with Crippen molar-refractivity contribution in [2.45, 2.75) is 39.7 Å². The summed E-state index contributed by atoms with van der Waals surface area (Å²) in [5.74, 6) is -0.623. The normalized spacial score (nSPS) is 14.8. The first kappa shape index (κ1) is 33.9. The molecule has 46 heavy (non-hydrogen) atoms. The van der Waals surface area contributed by atoms with E-state index in [4.69, 9.17) is 4.74 Å². The van der Waals surface area contributed by atoms with Crippen molar-refractivity contribution in [3.63, 3.8) is 0 Å². The summed E-state index contributed by atoms with van der Waals surface area (Å²) in [4.78, 5) is 46.6. The fourth-order valence-electron chi connectivity index (χ4n) is 5.05. The molecule has 1 heterocycles. The van der Waals surface area contributed by atoms with Crippen LogP contribution in [0.3, 0.4) is 0 Å². The first-order valence-electron chi connectivity index (χ1n) is 15.0. The van der Waals surface area contributed by atoms with Gasteiger partial charge in [-0.3, -0.25) is 19.3 Å². The first-order chi connectivity index (χ1) is 22.2. The summed E-state index contributed by atoms with van der Waals surface area (Å²) in [6, 6.07) is 22.9. The molecule has 4 rings (SSSR count). The molecule has 0 saturated heterocycles. The Morgan fingerprint density at radius 3 is 2.22 bits per heavy atom. The van der Waals surface area contributed by atoms with Gasteiger partial charge in [0.15, 0.2) is 5.17 Å². The van der Waals surface area contributed by atoms with E-state index in [9.17, 15) is 14.4 Å². The lowest BCUT2D eigenvalue weighted by Crippen LogP contribution is -2.42. The number of hydrogen-bond acceptors (Lipinski definition) is 5. The van der Waals surface area contributed by atoms with Crippen LogP contribution in [-0.2, 0) is 14.4 Å². The maximum atomic E-state index is 14.1. The topological polar surface area (TPSA) is 88.1 Å². The van der Waals surface area contributed by atoms with Gasteiger partial charge in [-0.25, -0.2) is 0 Å². The minimum absolute atomic E-state index is 0.0669. The number of aliphatic imine (C=N–C) groups is 1. The third kappa shape index (κ3) is 8.00. The SMILES string of the molecule is C=C/C=C\C(=C/C)N1C(=O)/C(=C/c2cc(C(C)C)c(OC)cc2C)C(=O)N=C1SCC(=O)NC(c1ccccc1)c1ccccc1. The van der Waals surface area contributed by atoms with Gasteiger partial charge in [-0.2, -0.15) is 4.99 Å². The summed E-state index contributed by atoms with van der Waals surface area (Å²) >= 11 is 1.03. The second-order valence-electron chi connectivity index (χ2n) is 10.9. The number of nitrogens with zero attached hydrogens (tertiary/aromatic N) is 2. The zero-order chi connectivity index (χ0) is 33.2. The lowest BCUT2D eigenvalue weighted by Gasteiger charge is -2.28. The van der Waals surface area contributed by atoms with E-state index in [1.807, 2.05) is 79.7 Å². The Kier molecular flexibility index (Phi) is 11.7. The quantitative estimate of drug-likeness (QED) is 0.134. The third-order valence-electron chi connectivity index (χ3n) is 7.45. The number of ether oxygens (including phenoxy) is 1. The van der Waals surface area contributed by atoms with E-state index in [0.29, 0.717) is 5.70 Å². The van der Waals surface area contributed by atoms with Crippen LogP contribution in [0.4, 0.5) is 0 Å². The smallest absolute Gasteiger partial charge is 0.285 e. The van der Waals surface area contributed by atoms with Crippen LogP contribution in [0.25, 0.3) is 6.08 Å². The van der Waals surface area contributed by atoms with E-state index in [-0.39, 0.29) is 34.4 Å². The molecule has 3 aromatic carbocycles. The summed E-state index contributed by atoms with van der Waals surface area (Å²) in [5.41, 5.74) is 4.83. The molecule has 3 amide bonds. The lowest BCUT2D eigenvalue weighted by atomic mass is 9.95. The van der Waals surface area contributed by atoms with E-state index in [2.05, 4.69) is 30.7 Å². The van der Waals surface area contributed by atoms with Gasteiger partial charge in [0, 0.05) is 5.70 Å². The molecule has 1 N–H and O–H groups in total. The van der Waals surface area contributed by atoms with Gasteiger partial charge in [-0.05, 0) is 71.9 Å². The van der Waals surface area contributed by atoms with Crippen LogP contribution >= 0.6 is 11.8 Å². The molecule has 0 spiro atoms. The van der Waals surface area contributed by atoms with E-state index < -0.39 is 11.8 Å². The number of hydrogen-bond donors (Lipinski definition) is 1. The number of rotatable bonds is 11. The van der Waals surface area contributed by atoms with Gasteiger partial charge in [-0.1, -0.05) is 111 Å². The van der Waals surface area contributed by atoms with Crippen molar-refractivity contribution in [2.75, 3.05) is 12.9 Å². The van der Waals surface area contributed by atoms with Crippen LogP contribution in [0.2, 0.25) is 0 Å². The second-order valence-corrected chi connectivity index (χ2v) is 11.9. The number of nitrogens with one attached hydrogen (secondary N) is 1. The molecule has 0 unspecified atom stereocenters. The van der Waals surface area contributed by atoms with Crippen molar-refractivity contribution in [1.29, 1.82) is 0 Å². The summed E-state index contributed by atoms with van der Waals surface area (Å²) in [5, 5.41) is 3.23. The highest BCUT2D eigenvalue weighted by Gasteiger charge is 2.35. The van der Waals surface area contributed by atoms with Crippen molar-refractivity contribution in [3.8, 4) is 5.75 Å². The van der Waals surface area contributed by atoms with Gasteiger partial charge in [0.1, 0.15) is 11.3 Å². The zero-order valence-corrected chi connectivity index (χ0v) is 27.6. The van der Waals surface area contributed by atoms with Crippen LogP contribution in [-0.4, -0.2) is 40.7 Å². The number of amides is 3. The van der Waals surface area contributed by atoms with E-state index in [1.165, 1.54) is 4.90 Å². The molecule has 7 nitrogen and oxygen atoms in total. The maximum absolute atomic E-state index is 14.1. The van der Waals surface area contributed by atoms with Crippen LogP contribution in [0.1, 0.15) is 60.5 Å². The summed E-state index contributed by atoms with van der Waals surface area (Å²) in [6.45, 7) is 11.5. The molecule has 0 fully saturated rings. The predicted molar refractivity (Wildman–Crippen MR) is 188 cm³/mol. The van der Waals surface area contributed by atoms with Crippen molar-refractivity contribution in [3.05, 3.63) is 143 Å². The molecule has 0 aliphatic carbocycles. The van der Waals surface area contributed by atoms with Crippen molar-refractivity contribution in [1.82, 2.24) is 10.2 Å². The highest BCUT2D eigenvalue weighted by atomic mass is 32.2. The monoisotopic (exact) mass is 633 g/mol. The van der Waals surface area contributed by atoms with Crippen molar-refractivity contribution >= 4 is 40.7 Å². The molecule has 236 valence electrons. The number of aryl methyl sites for hydroxylation is 1. The van der Waals surface area contributed by atoms with Crippen LogP contribution < -0.4 is 10.1 Å². The second kappa shape index (κ2) is 15.9. The fourth-order valence-corrected chi connectivity index (χ4v) is 5.86. The molecule has 1 aliphatic heterocycles. The Morgan fingerprint density at radius 2 is 1.67 bits per heavy atom. The van der Waals surface area contributed by atoms with Gasteiger partial charge in [0.2, 0.25) is 5.91 Å². The molecule has 0 saturated carbocycles. The average molecular weight is 634 g/mol. The Bertz CT molecular complexity index is 1680. The summed E-state index contributed by atoms with van der Waals surface area (Å²) < 4.78 is 5.57. The predicted octanol–water partition coefficient (Wildman–Crippen LogP) is 7.52. The van der Waals surface area contributed by atoms with Crippen LogP contribution in [0.15, 0.2) is 120 Å². The minimum atomic E-state index is -0.667. The standard InChI is InChI=1S/C38H39N3O4S/c1-7-9-20-30(8-2)41-37(44)32(23-29-22-31(25(3)4)33(45-6)21-26(29)5)36(43)40-38(41)46-24-34(42)39-35(27-16-12-10-13-17-27)28-18-14-11-15-19-28/h7-23,25,35H,1,24H2,2-6H3,(H,39,42)/b20-9-,30-8+,32-23+. The van der Waals surface area contributed by atoms with E-state index in [0.717, 1.165) is 45.3 Å². The number of thioether (sulfide) groups is 1. The molecule has 0 bridgehead atoms. The number of amidine groups is 1. The Labute approximate surface area is 275 Å². The molecule has 0 atom stereocenters. The average Bonchev–Trinajstić information content (AvgIpc) is 3.06. The molecule has 3 aromatic rings. The number of carbonyl (C=O) groups excluding carboxylic acids is 3. The molecular weight excluding hydrogens is 595 g/mol. The summed E-state index contributed by atoms with van der Waals surface area (Å²) in [6.07, 6.45) is 8.34. The first-order valence-corrected chi connectivity index (χ1v) is 16.0. The maximum Gasteiger partial charge on any atom is 0.285 e. The molecule has 0 radical (unpaired) electrons. The third-order valence-corrected chi connectivity index (χ3v) is 8.39. The number of carbonyl (C=O) groups is 3. The van der Waals surface area contributed by atoms with E-state index >= 15 is 0 Å². The van der Waals surface area contributed by atoms with Crippen molar-refractivity contribution < 1.29 is 19.1 Å². The highest BCUT2D eigenvalue weighted by molar-refractivity contribution is 8.14. The van der Waals surface area contributed by atoms with E-state index in [1.54, 1.807) is 44.4 Å². The fraction of sp³-hybridized carbons (Fsp3) is 0.211.